The van der Waals surface area contributed by atoms with Gasteiger partial charge in [-0.3, -0.25) is 4.79 Å². The van der Waals surface area contributed by atoms with Gasteiger partial charge < -0.3 is 4.74 Å². The molecule has 1 heterocycles. The van der Waals surface area contributed by atoms with Crippen LogP contribution in [0.15, 0.2) is 84.9 Å². The third-order valence-corrected chi connectivity index (χ3v) is 4.30. The van der Waals surface area contributed by atoms with Crippen molar-refractivity contribution < 1.29 is 9.53 Å². The number of benzene rings is 3. The van der Waals surface area contributed by atoms with Crippen LogP contribution in [0.4, 0.5) is 0 Å². The van der Waals surface area contributed by atoms with Gasteiger partial charge >= 0.3 is 0 Å². The lowest BCUT2D eigenvalue weighted by molar-refractivity contribution is 0.0922. The first-order chi connectivity index (χ1) is 13.7. The molecule has 0 aliphatic rings. The van der Waals surface area contributed by atoms with Crippen LogP contribution in [0.2, 0.25) is 0 Å². The Bertz CT molecular complexity index is 1090. The summed E-state index contributed by atoms with van der Waals surface area (Å²) in [5.74, 6) is 1.85. The zero-order valence-corrected chi connectivity index (χ0v) is 15.4. The molecule has 0 bridgehead atoms. The molecule has 5 nitrogen and oxygen atoms in total. The van der Waals surface area contributed by atoms with E-state index in [1.165, 1.54) is 0 Å². The Morgan fingerprint density at radius 2 is 1.54 bits per heavy atom. The molecule has 28 heavy (non-hydrogen) atoms. The number of Topliss-reactive ketones (excluding diaryl/α,β-unsaturated/α-hetero) is 1. The minimum Gasteiger partial charge on any atom is -0.485 e. The quantitative estimate of drug-likeness (QED) is 0.470. The lowest BCUT2D eigenvalue weighted by Gasteiger charge is -2.12. The van der Waals surface area contributed by atoms with E-state index in [0.29, 0.717) is 23.0 Å². The molecule has 0 saturated heterocycles. The second-order valence-corrected chi connectivity index (χ2v) is 6.30. The van der Waals surface area contributed by atoms with Crippen molar-refractivity contribution in [3.05, 3.63) is 96.3 Å². The summed E-state index contributed by atoms with van der Waals surface area (Å²) >= 11 is 0. The van der Waals surface area contributed by atoms with Crippen LogP contribution < -0.4 is 4.74 Å². The molecule has 3 aromatic carbocycles. The van der Waals surface area contributed by atoms with Gasteiger partial charge in [0.2, 0.25) is 0 Å². The smallest absolute Gasteiger partial charge is 0.200 e. The Balaban J connectivity index is 1.65. The second-order valence-electron chi connectivity index (χ2n) is 6.30. The number of hydrogen-bond acceptors (Lipinski definition) is 4. The van der Waals surface area contributed by atoms with Gasteiger partial charge in [0.05, 0.1) is 11.3 Å². The minimum absolute atomic E-state index is 0.0422. The van der Waals surface area contributed by atoms with E-state index < -0.39 is 0 Å². The SMILES string of the molecule is Cc1nc(-c2ccccc2OCC(=O)c2ccccc2)n(-c2ccccc2)n1. The van der Waals surface area contributed by atoms with Crippen molar-refractivity contribution in [1.82, 2.24) is 14.8 Å². The van der Waals surface area contributed by atoms with Gasteiger partial charge in [0.15, 0.2) is 18.2 Å². The van der Waals surface area contributed by atoms with Gasteiger partial charge in [-0.15, -0.1) is 0 Å². The van der Waals surface area contributed by atoms with Gasteiger partial charge in [-0.2, -0.15) is 5.10 Å². The van der Waals surface area contributed by atoms with Crippen LogP contribution in [0.5, 0.6) is 5.75 Å². The Morgan fingerprint density at radius 1 is 0.893 bits per heavy atom. The Morgan fingerprint density at radius 3 is 2.29 bits per heavy atom. The van der Waals surface area contributed by atoms with Gasteiger partial charge in [-0.05, 0) is 31.2 Å². The van der Waals surface area contributed by atoms with Crippen molar-refractivity contribution in [2.75, 3.05) is 6.61 Å². The maximum absolute atomic E-state index is 12.4. The number of ketones is 1. The number of aryl methyl sites for hydroxylation is 1. The van der Waals surface area contributed by atoms with Crippen LogP contribution in [0.25, 0.3) is 17.1 Å². The van der Waals surface area contributed by atoms with Crippen LogP contribution in [0, 0.1) is 6.92 Å². The first-order valence-corrected chi connectivity index (χ1v) is 9.02. The van der Waals surface area contributed by atoms with Crippen LogP contribution in [0.3, 0.4) is 0 Å². The topological polar surface area (TPSA) is 57.0 Å². The zero-order chi connectivity index (χ0) is 19.3. The number of rotatable bonds is 6. The standard InChI is InChI=1S/C23H19N3O2/c1-17-24-23(26(25-17)19-12-6-3-7-13-19)20-14-8-9-15-22(20)28-16-21(27)18-10-4-2-5-11-18/h2-15H,16H2,1H3. The summed E-state index contributed by atoms with van der Waals surface area (Å²) in [7, 11) is 0. The van der Waals surface area contributed by atoms with E-state index in [9.17, 15) is 4.79 Å². The zero-order valence-electron chi connectivity index (χ0n) is 15.4. The van der Waals surface area contributed by atoms with Gasteiger partial charge in [0.25, 0.3) is 0 Å². The van der Waals surface area contributed by atoms with E-state index >= 15 is 0 Å². The summed E-state index contributed by atoms with van der Waals surface area (Å²) in [6.45, 7) is 1.81. The molecule has 0 saturated carbocycles. The van der Waals surface area contributed by atoms with E-state index in [-0.39, 0.29) is 12.4 Å². The van der Waals surface area contributed by atoms with Crippen molar-refractivity contribution in [1.29, 1.82) is 0 Å². The largest absolute Gasteiger partial charge is 0.485 e. The molecule has 0 atom stereocenters. The minimum atomic E-state index is -0.0730. The van der Waals surface area contributed by atoms with Gasteiger partial charge in [-0.1, -0.05) is 60.7 Å². The summed E-state index contributed by atoms with van der Waals surface area (Å²) in [4.78, 5) is 17.0. The summed E-state index contributed by atoms with van der Waals surface area (Å²) in [5, 5.41) is 4.52. The molecular formula is C23H19N3O2. The molecule has 0 amide bonds. The first kappa shape index (κ1) is 17.7. The molecule has 0 aliphatic heterocycles. The normalized spacial score (nSPS) is 10.6. The summed E-state index contributed by atoms with van der Waals surface area (Å²) < 4.78 is 7.67. The fraction of sp³-hybridized carbons (Fsp3) is 0.0870. The number of carbonyl (C=O) groups is 1. The number of hydrogen-bond donors (Lipinski definition) is 0. The number of carbonyl (C=O) groups excluding carboxylic acids is 1. The maximum atomic E-state index is 12.4. The predicted octanol–water partition coefficient (Wildman–Crippen LogP) is 4.50. The first-order valence-electron chi connectivity index (χ1n) is 9.02. The molecule has 4 rings (SSSR count). The molecule has 1 aromatic heterocycles. The van der Waals surface area contributed by atoms with Crippen molar-refractivity contribution in [3.8, 4) is 22.8 Å². The van der Waals surface area contributed by atoms with Crippen molar-refractivity contribution in [2.45, 2.75) is 6.92 Å². The lowest BCUT2D eigenvalue weighted by atomic mass is 10.1. The molecule has 138 valence electrons. The van der Waals surface area contributed by atoms with Crippen LogP contribution >= 0.6 is 0 Å². The Kier molecular flexibility index (Phi) is 4.97. The average Bonchev–Trinajstić information content (AvgIpc) is 3.15. The molecule has 0 radical (unpaired) electrons. The molecule has 0 unspecified atom stereocenters. The van der Waals surface area contributed by atoms with Gasteiger partial charge in [0.1, 0.15) is 11.6 Å². The lowest BCUT2D eigenvalue weighted by Crippen LogP contribution is -2.12. The highest BCUT2D eigenvalue weighted by molar-refractivity contribution is 5.97. The van der Waals surface area contributed by atoms with Gasteiger partial charge in [0, 0.05) is 5.56 Å². The number of nitrogens with zero attached hydrogens (tertiary/aromatic N) is 3. The highest BCUT2D eigenvalue weighted by Gasteiger charge is 2.16. The predicted molar refractivity (Wildman–Crippen MR) is 108 cm³/mol. The Hall–Kier alpha value is -3.73. The Labute approximate surface area is 163 Å². The van der Waals surface area contributed by atoms with E-state index in [0.717, 1.165) is 11.3 Å². The molecule has 4 aromatic rings. The maximum Gasteiger partial charge on any atom is 0.200 e. The van der Waals surface area contributed by atoms with Crippen LogP contribution in [-0.2, 0) is 0 Å². The monoisotopic (exact) mass is 369 g/mol. The number of ether oxygens (including phenoxy) is 1. The van der Waals surface area contributed by atoms with Crippen molar-refractivity contribution in [2.24, 2.45) is 0 Å². The number of aromatic nitrogens is 3. The number of para-hydroxylation sites is 2. The van der Waals surface area contributed by atoms with Crippen LogP contribution in [-0.4, -0.2) is 27.2 Å². The molecule has 0 spiro atoms. The van der Waals surface area contributed by atoms with Crippen molar-refractivity contribution in [3.63, 3.8) is 0 Å². The van der Waals surface area contributed by atoms with Crippen molar-refractivity contribution >= 4 is 5.78 Å². The van der Waals surface area contributed by atoms with Crippen LogP contribution in [0.1, 0.15) is 16.2 Å². The van der Waals surface area contributed by atoms with E-state index in [1.54, 1.807) is 16.8 Å². The highest BCUT2D eigenvalue weighted by atomic mass is 16.5. The second kappa shape index (κ2) is 7.88. The third-order valence-electron chi connectivity index (χ3n) is 4.30. The highest BCUT2D eigenvalue weighted by Crippen LogP contribution is 2.30. The molecular weight excluding hydrogens is 350 g/mol. The molecule has 0 fully saturated rings. The molecule has 0 N–H and O–H groups in total. The fourth-order valence-corrected chi connectivity index (χ4v) is 2.97. The summed E-state index contributed by atoms with van der Waals surface area (Å²) in [5.41, 5.74) is 2.32. The fourth-order valence-electron chi connectivity index (χ4n) is 2.97. The molecule has 5 heteroatoms. The third kappa shape index (κ3) is 3.69. The van der Waals surface area contributed by atoms with Gasteiger partial charge in [-0.25, -0.2) is 9.67 Å². The average molecular weight is 369 g/mol. The summed E-state index contributed by atoms with van der Waals surface area (Å²) in [6.07, 6.45) is 0. The van der Waals surface area contributed by atoms with E-state index in [2.05, 4.69) is 10.1 Å². The summed E-state index contributed by atoms with van der Waals surface area (Å²) in [6, 6.07) is 26.5. The molecule has 0 aliphatic carbocycles. The van der Waals surface area contributed by atoms with E-state index in [1.807, 2.05) is 79.7 Å². The van der Waals surface area contributed by atoms with E-state index in [4.69, 9.17) is 4.74 Å².